The van der Waals surface area contributed by atoms with Crippen LogP contribution >= 0.6 is 0 Å². The zero-order chi connectivity index (χ0) is 13.7. The first kappa shape index (κ1) is 13.0. The summed E-state index contributed by atoms with van der Waals surface area (Å²) in [5.74, 6) is -0.315. The number of rotatable bonds is 4. The molecule has 4 N–H and O–H groups in total. The van der Waals surface area contributed by atoms with E-state index in [1.54, 1.807) is 0 Å². The smallest absolute Gasteiger partial charge is 0.253 e. The lowest BCUT2D eigenvalue weighted by Crippen LogP contribution is -2.23. The fourth-order valence-corrected chi connectivity index (χ4v) is 1.76. The molecule has 0 aliphatic carbocycles. The van der Waals surface area contributed by atoms with Crippen LogP contribution in [0.25, 0.3) is 0 Å². The molecule has 19 heavy (non-hydrogen) atoms. The number of hydrogen-bond acceptors (Lipinski definition) is 4. The van der Waals surface area contributed by atoms with Gasteiger partial charge in [0.25, 0.3) is 5.91 Å². The summed E-state index contributed by atoms with van der Waals surface area (Å²) in [5.41, 5.74) is 7.93. The Morgan fingerprint density at radius 2 is 2.00 bits per heavy atom. The molecule has 5 heteroatoms. The van der Waals surface area contributed by atoms with E-state index < -0.39 is 0 Å². The zero-order valence-corrected chi connectivity index (χ0v) is 10.3. The normalized spacial score (nSPS) is 10.2. The lowest BCUT2D eigenvalue weighted by molar-refractivity contribution is 0.0950. The lowest BCUT2D eigenvalue weighted by Gasteiger charge is -2.09. The fraction of sp³-hybridized carbons (Fsp3) is 0.143. The van der Waals surface area contributed by atoms with Gasteiger partial charge in [-0.15, -0.1) is 0 Å². The van der Waals surface area contributed by atoms with Gasteiger partial charge >= 0.3 is 0 Å². The number of nitrogens with one attached hydrogen (secondary N) is 1. The van der Waals surface area contributed by atoms with E-state index in [-0.39, 0.29) is 11.7 Å². The quantitative estimate of drug-likeness (QED) is 0.767. The van der Waals surface area contributed by atoms with Gasteiger partial charge in [-0.05, 0) is 17.2 Å². The van der Waals surface area contributed by atoms with Crippen LogP contribution in [0, 0.1) is 0 Å². The first-order valence-electron chi connectivity index (χ1n) is 5.90. The highest BCUT2D eigenvalue weighted by atomic mass is 16.3. The van der Waals surface area contributed by atoms with E-state index in [4.69, 9.17) is 5.73 Å². The Morgan fingerprint density at radius 1 is 1.26 bits per heavy atom. The Kier molecular flexibility index (Phi) is 4.10. The van der Waals surface area contributed by atoms with Crippen LogP contribution in [-0.4, -0.2) is 16.0 Å². The van der Waals surface area contributed by atoms with Gasteiger partial charge in [0.2, 0.25) is 0 Å². The maximum Gasteiger partial charge on any atom is 0.253 e. The SMILES string of the molecule is NCc1ccccc1CNC(=O)c1cncc(O)c1. The fourth-order valence-electron chi connectivity index (χ4n) is 1.76. The molecule has 5 nitrogen and oxygen atoms in total. The molecule has 1 aromatic carbocycles. The summed E-state index contributed by atoms with van der Waals surface area (Å²) in [7, 11) is 0. The molecule has 0 saturated carbocycles. The van der Waals surface area contributed by atoms with E-state index in [0.29, 0.717) is 18.7 Å². The van der Waals surface area contributed by atoms with Crippen LogP contribution in [0.1, 0.15) is 21.5 Å². The first-order chi connectivity index (χ1) is 9.20. The Hall–Kier alpha value is -2.40. The van der Waals surface area contributed by atoms with Crippen molar-refractivity contribution < 1.29 is 9.90 Å². The minimum atomic E-state index is -0.282. The minimum Gasteiger partial charge on any atom is -0.506 e. The van der Waals surface area contributed by atoms with E-state index >= 15 is 0 Å². The molecule has 0 unspecified atom stereocenters. The van der Waals surface area contributed by atoms with Crippen molar-refractivity contribution >= 4 is 5.91 Å². The van der Waals surface area contributed by atoms with Crippen LogP contribution in [-0.2, 0) is 13.1 Å². The molecule has 1 heterocycles. The van der Waals surface area contributed by atoms with Crippen molar-refractivity contribution in [2.75, 3.05) is 0 Å². The van der Waals surface area contributed by atoms with Gasteiger partial charge in [0.1, 0.15) is 5.75 Å². The van der Waals surface area contributed by atoms with Crippen molar-refractivity contribution in [1.82, 2.24) is 10.3 Å². The van der Waals surface area contributed by atoms with E-state index in [0.717, 1.165) is 11.1 Å². The summed E-state index contributed by atoms with van der Waals surface area (Å²) in [6.45, 7) is 0.821. The Balaban J connectivity index is 2.04. The number of aromatic nitrogens is 1. The molecule has 1 amide bonds. The highest BCUT2D eigenvalue weighted by Crippen LogP contribution is 2.10. The highest BCUT2D eigenvalue weighted by molar-refractivity contribution is 5.94. The van der Waals surface area contributed by atoms with Crippen LogP contribution in [0.15, 0.2) is 42.7 Å². The number of hydrogen-bond donors (Lipinski definition) is 3. The molecule has 98 valence electrons. The van der Waals surface area contributed by atoms with E-state index in [1.807, 2.05) is 24.3 Å². The lowest BCUT2D eigenvalue weighted by atomic mass is 10.1. The second kappa shape index (κ2) is 5.97. The van der Waals surface area contributed by atoms with Crippen molar-refractivity contribution in [1.29, 1.82) is 0 Å². The van der Waals surface area contributed by atoms with Crippen molar-refractivity contribution in [2.24, 2.45) is 5.73 Å². The van der Waals surface area contributed by atoms with Crippen LogP contribution in [0.5, 0.6) is 5.75 Å². The minimum absolute atomic E-state index is 0.0324. The molecule has 0 saturated heterocycles. The van der Waals surface area contributed by atoms with Gasteiger partial charge in [0.15, 0.2) is 0 Å². The summed E-state index contributed by atoms with van der Waals surface area (Å²) >= 11 is 0. The number of amides is 1. The summed E-state index contributed by atoms with van der Waals surface area (Å²) in [6, 6.07) is 9.03. The second-order valence-electron chi connectivity index (χ2n) is 4.09. The molecule has 0 bridgehead atoms. The summed E-state index contributed by atoms with van der Waals surface area (Å²) in [4.78, 5) is 15.6. The van der Waals surface area contributed by atoms with Gasteiger partial charge in [0.05, 0.1) is 11.8 Å². The summed E-state index contributed by atoms with van der Waals surface area (Å²) in [6.07, 6.45) is 2.68. The van der Waals surface area contributed by atoms with Crippen molar-refractivity contribution in [3.63, 3.8) is 0 Å². The number of carbonyl (C=O) groups excluding carboxylic acids is 1. The Morgan fingerprint density at radius 3 is 2.68 bits per heavy atom. The molecular formula is C14H15N3O2. The molecule has 0 aliphatic rings. The number of pyridine rings is 1. The van der Waals surface area contributed by atoms with E-state index in [9.17, 15) is 9.90 Å². The number of nitrogens with two attached hydrogens (primary N) is 1. The maximum atomic E-state index is 11.9. The average Bonchev–Trinajstić information content (AvgIpc) is 2.45. The van der Waals surface area contributed by atoms with Crippen molar-refractivity contribution in [3.8, 4) is 5.75 Å². The summed E-state index contributed by atoms with van der Waals surface area (Å²) in [5, 5.41) is 12.0. The van der Waals surface area contributed by atoms with Gasteiger partial charge in [-0.25, -0.2) is 0 Å². The summed E-state index contributed by atoms with van der Waals surface area (Å²) < 4.78 is 0. The highest BCUT2D eigenvalue weighted by Gasteiger charge is 2.07. The third-order valence-electron chi connectivity index (χ3n) is 2.76. The van der Waals surface area contributed by atoms with E-state index in [2.05, 4.69) is 10.3 Å². The van der Waals surface area contributed by atoms with Gasteiger partial charge in [0, 0.05) is 19.3 Å². The monoisotopic (exact) mass is 257 g/mol. The molecule has 0 fully saturated rings. The molecule has 2 rings (SSSR count). The predicted octanol–water partition coefficient (Wildman–Crippen LogP) is 1.18. The van der Waals surface area contributed by atoms with Gasteiger partial charge < -0.3 is 16.2 Å². The number of aromatic hydroxyl groups is 1. The average molecular weight is 257 g/mol. The first-order valence-corrected chi connectivity index (χ1v) is 5.90. The maximum absolute atomic E-state index is 11.9. The standard InChI is InChI=1S/C14H15N3O2/c15-6-10-3-1-2-4-11(10)8-17-14(19)12-5-13(18)9-16-7-12/h1-5,7,9,18H,6,8,15H2,(H,17,19). The molecule has 0 spiro atoms. The topological polar surface area (TPSA) is 88.2 Å². The molecule has 1 aromatic heterocycles. The Bertz CT molecular complexity index is 584. The van der Waals surface area contributed by atoms with Gasteiger partial charge in [-0.2, -0.15) is 0 Å². The van der Waals surface area contributed by atoms with E-state index in [1.165, 1.54) is 18.5 Å². The van der Waals surface area contributed by atoms with Gasteiger partial charge in [-0.3, -0.25) is 9.78 Å². The molecular weight excluding hydrogens is 242 g/mol. The number of nitrogens with zero attached hydrogens (tertiary/aromatic N) is 1. The molecule has 0 aliphatic heterocycles. The van der Waals surface area contributed by atoms with Crippen LogP contribution in [0.4, 0.5) is 0 Å². The van der Waals surface area contributed by atoms with Crippen molar-refractivity contribution in [3.05, 3.63) is 59.4 Å². The Labute approximate surface area is 111 Å². The third kappa shape index (κ3) is 3.29. The van der Waals surface area contributed by atoms with Crippen molar-refractivity contribution in [2.45, 2.75) is 13.1 Å². The predicted molar refractivity (Wildman–Crippen MR) is 71.4 cm³/mol. The molecule has 0 radical (unpaired) electrons. The molecule has 0 atom stereocenters. The largest absolute Gasteiger partial charge is 0.506 e. The van der Waals surface area contributed by atoms with Crippen LogP contribution in [0.3, 0.4) is 0 Å². The number of benzene rings is 1. The third-order valence-corrected chi connectivity index (χ3v) is 2.76. The molecule has 2 aromatic rings. The van der Waals surface area contributed by atoms with Crippen LogP contribution in [0.2, 0.25) is 0 Å². The van der Waals surface area contributed by atoms with Gasteiger partial charge in [-0.1, -0.05) is 24.3 Å². The second-order valence-corrected chi connectivity index (χ2v) is 4.09. The zero-order valence-electron chi connectivity index (χ0n) is 10.3. The van der Waals surface area contributed by atoms with Crippen LogP contribution < -0.4 is 11.1 Å². The number of carbonyl (C=O) groups is 1.